The Balaban J connectivity index is 2.64. The van der Waals surface area contributed by atoms with Crippen molar-refractivity contribution in [2.24, 2.45) is 0 Å². The molecule has 0 saturated carbocycles. The molecule has 5 nitrogen and oxygen atoms in total. The molecule has 0 saturated heterocycles. The highest BCUT2D eigenvalue weighted by Gasteiger charge is 2.21. The molecule has 0 atom stereocenters. The van der Waals surface area contributed by atoms with Gasteiger partial charge in [-0.1, -0.05) is 6.07 Å². The number of carboxylic acids is 1. The van der Waals surface area contributed by atoms with E-state index in [2.05, 4.69) is 0 Å². The average molecular weight is 257 g/mol. The van der Waals surface area contributed by atoms with E-state index in [1.165, 1.54) is 19.2 Å². The highest BCUT2D eigenvalue weighted by Crippen LogP contribution is 2.36. The molecular formula is C14H11NO4. The number of nitrogens with zero attached hydrogens (tertiary/aromatic N) is 1. The second-order valence-corrected chi connectivity index (χ2v) is 4.18. The zero-order valence-electron chi connectivity index (χ0n) is 10.1. The van der Waals surface area contributed by atoms with E-state index in [0.717, 1.165) is 0 Å². The van der Waals surface area contributed by atoms with Crippen LogP contribution in [0.15, 0.2) is 36.5 Å². The summed E-state index contributed by atoms with van der Waals surface area (Å²) in [6, 6.07) is 8.23. The van der Waals surface area contributed by atoms with Crippen molar-refractivity contribution in [2.45, 2.75) is 0 Å². The lowest BCUT2D eigenvalue weighted by atomic mass is 10.1. The Kier molecular flexibility index (Phi) is 2.35. The number of hydrogen-bond acceptors (Lipinski definition) is 3. The van der Waals surface area contributed by atoms with Gasteiger partial charge in [0.2, 0.25) is 0 Å². The van der Waals surface area contributed by atoms with Crippen LogP contribution >= 0.6 is 0 Å². The quantitative estimate of drug-likeness (QED) is 0.740. The topological polar surface area (TPSA) is 71.2 Å². The number of carboxylic acid groups (broad SMARTS) is 1. The summed E-state index contributed by atoms with van der Waals surface area (Å²) in [5.41, 5.74) is 1.34. The van der Waals surface area contributed by atoms with Gasteiger partial charge in [0.1, 0.15) is 11.5 Å². The summed E-state index contributed by atoms with van der Waals surface area (Å²) < 4.78 is 6.92. The summed E-state index contributed by atoms with van der Waals surface area (Å²) in [7, 11) is 1.45. The Labute approximate surface area is 108 Å². The third-order valence-electron chi connectivity index (χ3n) is 3.13. The fourth-order valence-electron chi connectivity index (χ4n) is 2.39. The number of methoxy groups -OCH3 is 1. The lowest BCUT2D eigenvalue weighted by Crippen LogP contribution is -1.96. The van der Waals surface area contributed by atoms with Crippen molar-refractivity contribution in [1.82, 2.24) is 4.40 Å². The fourth-order valence-corrected chi connectivity index (χ4v) is 2.39. The highest BCUT2D eigenvalue weighted by molar-refractivity contribution is 6.13. The van der Waals surface area contributed by atoms with Crippen molar-refractivity contribution in [3.05, 3.63) is 42.1 Å². The zero-order chi connectivity index (χ0) is 13.6. The lowest BCUT2D eigenvalue weighted by Gasteiger charge is -2.04. The van der Waals surface area contributed by atoms with Crippen LogP contribution < -0.4 is 4.74 Å². The van der Waals surface area contributed by atoms with E-state index in [1.54, 1.807) is 28.8 Å². The van der Waals surface area contributed by atoms with Gasteiger partial charge in [-0.05, 0) is 12.1 Å². The van der Waals surface area contributed by atoms with E-state index in [-0.39, 0.29) is 11.3 Å². The van der Waals surface area contributed by atoms with Gasteiger partial charge in [0.25, 0.3) is 0 Å². The minimum atomic E-state index is -1.03. The van der Waals surface area contributed by atoms with Crippen LogP contribution in [0.25, 0.3) is 16.4 Å². The number of hydrogen-bond donors (Lipinski definition) is 2. The second-order valence-electron chi connectivity index (χ2n) is 4.18. The van der Waals surface area contributed by atoms with Gasteiger partial charge < -0.3 is 19.4 Å². The molecule has 96 valence electrons. The predicted octanol–water partition coefficient (Wildman–Crippen LogP) is 2.50. The van der Waals surface area contributed by atoms with Gasteiger partial charge in [-0.2, -0.15) is 0 Å². The van der Waals surface area contributed by atoms with E-state index in [1.807, 2.05) is 0 Å². The van der Waals surface area contributed by atoms with Crippen LogP contribution in [0, 0.1) is 0 Å². The molecule has 19 heavy (non-hydrogen) atoms. The van der Waals surface area contributed by atoms with E-state index in [9.17, 15) is 15.0 Å². The monoisotopic (exact) mass is 257 g/mol. The number of phenolic OH excluding ortho intramolecular Hbond substituents is 1. The van der Waals surface area contributed by atoms with Gasteiger partial charge in [-0.3, -0.25) is 0 Å². The summed E-state index contributed by atoms with van der Waals surface area (Å²) in [6.07, 6.45) is 1.75. The lowest BCUT2D eigenvalue weighted by molar-refractivity contribution is 0.0701. The van der Waals surface area contributed by atoms with Crippen LogP contribution in [0.5, 0.6) is 11.5 Å². The number of rotatable bonds is 2. The first-order valence-electron chi connectivity index (χ1n) is 5.66. The molecular weight excluding hydrogens is 246 g/mol. The van der Waals surface area contributed by atoms with Crippen molar-refractivity contribution in [1.29, 1.82) is 0 Å². The smallest absolute Gasteiger partial charge is 0.338 e. The standard InChI is InChI=1S/C14H11NO4/c1-19-11-7-8(16)6-10-12(11)13(14(17)18)9-4-2-3-5-15(9)10/h2-7,16H,1H3,(H,17,18). The Bertz CT molecular complexity index is 804. The van der Waals surface area contributed by atoms with E-state index in [0.29, 0.717) is 22.2 Å². The van der Waals surface area contributed by atoms with Gasteiger partial charge in [-0.15, -0.1) is 0 Å². The second kappa shape index (κ2) is 3.91. The largest absolute Gasteiger partial charge is 0.508 e. The third-order valence-corrected chi connectivity index (χ3v) is 3.13. The average Bonchev–Trinajstić information content (AvgIpc) is 2.72. The molecule has 2 N–H and O–H groups in total. The Hall–Kier alpha value is -2.69. The molecule has 0 aliphatic rings. The Morgan fingerprint density at radius 1 is 1.26 bits per heavy atom. The molecule has 0 amide bonds. The summed E-state index contributed by atoms with van der Waals surface area (Å²) >= 11 is 0. The first kappa shape index (κ1) is 11.4. The number of phenols is 1. The molecule has 3 rings (SSSR count). The van der Waals surface area contributed by atoms with Crippen LogP contribution in [-0.4, -0.2) is 27.7 Å². The van der Waals surface area contributed by atoms with Crippen LogP contribution in [-0.2, 0) is 0 Å². The molecule has 0 fully saturated rings. The molecule has 0 aliphatic carbocycles. The summed E-state index contributed by atoms with van der Waals surface area (Å²) in [4.78, 5) is 11.5. The molecule has 2 aromatic heterocycles. The van der Waals surface area contributed by atoms with E-state index < -0.39 is 5.97 Å². The fraction of sp³-hybridized carbons (Fsp3) is 0.0714. The van der Waals surface area contributed by atoms with Gasteiger partial charge >= 0.3 is 5.97 Å². The number of carbonyl (C=O) groups is 1. The predicted molar refractivity (Wildman–Crippen MR) is 70.1 cm³/mol. The number of aromatic nitrogens is 1. The molecule has 0 aliphatic heterocycles. The SMILES string of the molecule is COc1cc(O)cc2c1c(C(=O)O)c1ccccn12. The highest BCUT2D eigenvalue weighted by atomic mass is 16.5. The first-order chi connectivity index (χ1) is 9.13. The molecule has 3 aromatic rings. The summed E-state index contributed by atoms with van der Waals surface area (Å²) in [6.45, 7) is 0. The van der Waals surface area contributed by atoms with Crippen LogP contribution in [0.3, 0.4) is 0 Å². The molecule has 0 unspecified atom stereocenters. The van der Waals surface area contributed by atoms with Crippen LogP contribution in [0.2, 0.25) is 0 Å². The van der Waals surface area contributed by atoms with Crippen LogP contribution in [0.4, 0.5) is 0 Å². The molecule has 0 spiro atoms. The van der Waals surface area contributed by atoms with E-state index >= 15 is 0 Å². The van der Waals surface area contributed by atoms with Gasteiger partial charge in [0.05, 0.1) is 29.1 Å². The number of fused-ring (bicyclic) bond motifs is 3. The normalized spacial score (nSPS) is 11.0. The first-order valence-corrected chi connectivity index (χ1v) is 5.66. The molecule has 0 radical (unpaired) electrons. The molecule has 0 bridgehead atoms. The minimum Gasteiger partial charge on any atom is -0.508 e. The molecule has 1 aromatic carbocycles. The van der Waals surface area contributed by atoms with Crippen LogP contribution in [0.1, 0.15) is 10.4 Å². The zero-order valence-corrected chi connectivity index (χ0v) is 10.1. The number of aromatic carboxylic acids is 1. The maximum Gasteiger partial charge on any atom is 0.338 e. The van der Waals surface area contributed by atoms with Crippen molar-refractivity contribution < 1.29 is 19.7 Å². The Morgan fingerprint density at radius 2 is 2.05 bits per heavy atom. The van der Waals surface area contributed by atoms with Crippen molar-refractivity contribution in [3.8, 4) is 11.5 Å². The summed E-state index contributed by atoms with van der Waals surface area (Å²) in [5, 5.41) is 19.6. The van der Waals surface area contributed by atoms with Gasteiger partial charge in [-0.25, -0.2) is 4.79 Å². The number of benzene rings is 1. The Morgan fingerprint density at radius 3 is 2.74 bits per heavy atom. The minimum absolute atomic E-state index is 0.0320. The number of aromatic hydroxyl groups is 1. The number of pyridine rings is 1. The van der Waals surface area contributed by atoms with E-state index in [4.69, 9.17) is 4.74 Å². The van der Waals surface area contributed by atoms with Crippen molar-refractivity contribution in [3.63, 3.8) is 0 Å². The molecule has 2 heterocycles. The number of ether oxygens (including phenoxy) is 1. The van der Waals surface area contributed by atoms with Crippen molar-refractivity contribution in [2.75, 3.05) is 7.11 Å². The maximum absolute atomic E-state index is 11.5. The summed E-state index contributed by atoms with van der Waals surface area (Å²) in [5.74, 6) is -0.650. The van der Waals surface area contributed by atoms with Gasteiger partial charge in [0, 0.05) is 18.3 Å². The van der Waals surface area contributed by atoms with Gasteiger partial charge in [0.15, 0.2) is 0 Å². The van der Waals surface area contributed by atoms with Crippen molar-refractivity contribution >= 4 is 22.4 Å². The molecule has 5 heteroatoms. The third kappa shape index (κ3) is 1.52. The maximum atomic E-state index is 11.5.